The van der Waals surface area contributed by atoms with Gasteiger partial charge in [-0.2, -0.15) is 12.6 Å². The average Bonchev–Trinajstić information content (AvgIpc) is 3.04. The Hall–Kier alpha value is -0.710. The normalized spacial score (nSPS) is 16.6. The van der Waals surface area contributed by atoms with E-state index in [1.54, 1.807) is 0 Å². The van der Waals surface area contributed by atoms with Crippen LogP contribution in [-0.2, 0) is 9.59 Å². The first-order chi connectivity index (χ1) is 7.63. The van der Waals surface area contributed by atoms with Crippen molar-refractivity contribution in [3.05, 3.63) is 0 Å². The number of carbonyl (C=O) groups excluding carboxylic acids is 2. The van der Waals surface area contributed by atoms with E-state index in [0.29, 0.717) is 12.3 Å². The summed E-state index contributed by atoms with van der Waals surface area (Å²) in [4.78, 5) is 22.4. The molecule has 0 aromatic carbocycles. The quantitative estimate of drug-likeness (QED) is 0.457. The molecule has 1 aliphatic carbocycles. The number of amides is 2. The van der Waals surface area contributed by atoms with Gasteiger partial charge >= 0.3 is 0 Å². The summed E-state index contributed by atoms with van der Waals surface area (Å²) in [6.07, 6.45) is 4.92. The maximum atomic E-state index is 11.6. The van der Waals surface area contributed by atoms with E-state index in [1.165, 1.54) is 26.2 Å². The standard InChI is InChI=1S/C11H20N2O2S/c1-8(14)13-10(7-16)11(15)12-6-2-3-9-4-5-9/h9-10,16H,2-7H2,1H3,(H,12,15)(H,13,14). The third-order valence-electron chi connectivity index (χ3n) is 2.66. The van der Waals surface area contributed by atoms with Crippen LogP contribution in [0.4, 0.5) is 0 Å². The fourth-order valence-corrected chi connectivity index (χ4v) is 1.83. The van der Waals surface area contributed by atoms with Gasteiger partial charge in [0.05, 0.1) is 0 Å². The Labute approximate surface area is 102 Å². The molecule has 16 heavy (non-hydrogen) atoms. The van der Waals surface area contributed by atoms with Crippen LogP contribution in [-0.4, -0.2) is 30.2 Å². The van der Waals surface area contributed by atoms with Gasteiger partial charge in [-0.15, -0.1) is 0 Å². The van der Waals surface area contributed by atoms with Crippen molar-refractivity contribution in [2.75, 3.05) is 12.3 Å². The van der Waals surface area contributed by atoms with Crippen LogP contribution in [0.5, 0.6) is 0 Å². The maximum Gasteiger partial charge on any atom is 0.243 e. The SMILES string of the molecule is CC(=O)NC(CS)C(=O)NCCCC1CC1. The molecular formula is C11H20N2O2S. The minimum absolute atomic E-state index is 0.138. The molecule has 0 bridgehead atoms. The average molecular weight is 244 g/mol. The lowest BCUT2D eigenvalue weighted by Gasteiger charge is -2.15. The Kier molecular flexibility index (Phi) is 5.66. The first kappa shape index (κ1) is 13.4. The summed E-state index contributed by atoms with van der Waals surface area (Å²) >= 11 is 4.04. The largest absolute Gasteiger partial charge is 0.354 e. The van der Waals surface area contributed by atoms with Crippen molar-refractivity contribution in [2.45, 2.75) is 38.6 Å². The van der Waals surface area contributed by atoms with Crippen LogP contribution >= 0.6 is 12.6 Å². The van der Waals surface area contributed by atoms with Crippen molar-refractivity contribution >= 4 is 24.4 Å². The molecule has 4 nitrogen and oxygen atoms in total. The van der Waals surface area contributed by atoms with E-state index in [0.717, 1.165) is 12.3 Å². The lowest BCUT2D eigenvalue weighted by atomic mass is 10.2. The number of rotatable bonds is 7. The highest BCUT2D eigenvalue weighted by Gasteiger charge is 2.21. The molecule has 1 rings (SSSR count). The molecule has 5 heteroatoms. The highest BCUT2D eigenvalue weighted by atomic mass is 32.1. The highest BCUT2D eigenvalue weighted by Crippen LogP contribution is 2.33. The maximum absolute atomic E-state index is 11.6. The second-order valence-electron chi connectivity index (χ2n) is 4.31. The van der Waals surface area contributed by atoms with Crippen LogP contribution in [0.2, 0.25) is 0 Å². The van der Waals surface area contributed by atoms with Crippen LogP contribution in [0.15, 0.2) is 0 Å². The van der Waals surface area contributed by atoms with Gasteiger partial charge in [-0.05, 0) is 18.8 Å². The van der Waals surface area contributed by atoms with Gasteiger partial charge < -0.3 is 10.6 Å². The van der Waals surface area contributed by atoms with E-state index >= 15 is 0 Å². The van der Waals surface area contributed by atoms with Crippen molar-refractivity contribution in [3.8, 4) is 0 Å². The summed E-state index contributed by atoms with van der Waals surface area (Å²) in [7, 11) is 0. The zero-order chi connectivity index (χ0) is 12.0. The molecule has 0 saturated heterocycles. The van der Waals surface area contributed by atoms with Gasteiger partial charge in [0.25, 0.3) is 0 Å². The van der Waals surface area contributed by atoms with Gasteiger partial charge in [0.1, 0.15) is 6.04 Å². The first-order valence-electron chi connectivity index (χ1n) is 5.79. The van der Waals surface area contributed by atoms with Crippen LogP contribution in [0.25, 0.3) is 0 Å². The van der Waals surface area contributed by atoms with Crippen molar-refractivity contribution in [1.29, 1.82) is 0 Å². The third kappa shape index (κ3) is 5.39. The second kappa shape index (κ2) is 6.78. The van der Waals surface area contributed by atoms with Gasteiger partial charge in [0.2, 0.25) is 11.8 Å². The molecular weight excluding hydrogens is 224 g/mol. The van der Waals surface area contributed by atoms with Gasteiger partial charge in [-0.25, -0.2) is 0 Å². The van der Waals surface area contributed by atoms with Crippen LogP contribution in [0, 0.1) is 5.92 Å². The Bertz CT molecular complexity index is 254. The van der Waals surface area contributed by atoms with Gasteiger partial charge in [-0.1, -0.05) is 12.8 Å². The fraction of sp³-hybridized carbons (Fsp3) is 0.818. The predicted octanol–water partition coefficient (Wildman–Crippen LogP) is 0.727. The topological polar surface area (TPSA) is 58.2 Å². The van der Waals surface area contributed by atoms with E-state index < -0.39 is 6.04 Å². The molecule has 2 N–H and O–H groups in total. The smallest absolute Gasteiger partial charge is 0.243 e. The van der Waals surface area contributed by atoms with E-state index in [9.17, 15) is 9.59 Å². The molecule has 2 amide bonds. The Balaban J connectivity index is 2.12. The highest BCUT2D eigenvalue weighted by molar-refractivity contribution is 7.80. The number of nitrogens with one attached hydrogen (secondary N) is 2. The monoisotopic (exact) mass is 244 g/mol. The van der Waals surface area contributed by atoms with E-state index in [1.807, 2.05) is 0 Å². The number of hydrogen-bond donors (Lipinski definition) is 3. The molecule has 1 saturated carbocycles. The number of hydrogen-bond acceptors (Lipinski definition) is 3. The number of carbonyl (C=O) groups is 2. The second-order valence-corrected chi connectivity index (χ2v) is 4.68. The fourth-order valence-electron chi connectivity index (χ4n) is 1.57. The summed E-state index contributed by atoms with van der Waals surface area (Å²) in [6, 6.07) is -0.512. The molecule has 0 radical (unpaired) electrons. The van der Waals surface area contributed by atoms with Crippen LogP contribution in [0.3, 0.4) is 0 Å². The van der Waals surface area contributed by atoms with Crippen LogP contribution < -0.4 is 10.6 Å². The van der Waals surface area contributed by atoms with Crippen molar-refractivity contribution < 1.29 is 9.59 Å². The molecule has 0 aromatic rings. The summed E-state index contributed by atoms with van der Waals surface area (Å²) in [5.74, 6) is 0.884. The molecule has 1 unspecified atom stereocenters. The van der Waals surface area contributed by atoms with Crippen molar-refractivity contribution in [1.82, 2.24) is 10.6 Å². The molecule has 0 aliphatic heterocycles. The molecule has 0 aromatic heterocycles. The molecule has 1 atom stereocenters. The van der Waals surface area contributed by atoms with Gasteiger partial charge in [0.15, 0.2) is 0 Å². The molecule has 92 valence electrons. The Morgan fingerprint density at radius 3 is 2.62 bits per heavy atom. The van der Waals surface area contributed by atoms with E-state index in [-0.39, 0.29) is 11.8 Å². The van der Waals surface area contributed by atoms with E-state index in [2.05, 4.69) is 23.3 Å². The zero-order valence-corrected chi connectivity index (χ0v) is 10.6. The zero-order valence-electron chi connectivity index (χ0n) is 9.66. The number of thiol groups is 1. The van der Waals surface area contributed by atoms with Crippen molar-refractivity contribution in [2.24, 2.45) is 5.92 Å². The molecule has 0 heterocycles. The predicted molar refractivity (Wildman–Crippen MR) is 66.4 cm³/mol. The lowest BCUT2D eigenvalue weighted by Crippen LogP contribution is -2.47. The summed E-state index contributed by atoms with van der Waals surface area (Å²) in [6.45, 7) is 2.09. The summed E-state index contributed by atoms with van der Waals surface area (Å²) in [5.41, 5.74) is 0. The van der Waals surface area contributed by atoms with Gasteiger partial charge in [-0.3, -0.25) is 9.59 Å². The van der Waals surface area contributed by atoms with Crippen LogP contribution in [0.1, 0.15) is 32.6 Å². The molecule has 0 spiro atoms. The lowest BCUT2D eigenvalue weighted by molar-refractivity contribution is -0.127. The van der Waals surface area contributed by atoms with Crippen molar-refractivity contribution in [3.63, 3.8) is 0 Å². The minimum atomic E-state index is -0.512. The Morgan fingerprint density at radius 2 is 2.12 bits per heavy atom. The summed E-state index contributed by atoms with van der Waals surface area (Å²) in [5, 5.41) is 5.38. The summed E-state index contributed by atoms with van der Waals surface area (Å²) < 4.78 is 0. The third-order valence-corrected chi connectivity index (χ3v) is 3.03. The minimum Gasteiger partial charge on any atom is -0.354 e. The first-order valence-corrected chi connectivity index (χ1v) is 6.42. The van der Waals surface area contributed by atoms with Gasteiger partial charge in [0, 0.05) is 19.2 Å². The Morgan fingerprint density at radius 1 is 1.44 bits per heavy atom. The van der Waals surface area contributed by atoms with E-state index in [4.69, 9.17) is 0 Å². The molecule has 1 aliphatic rings. The molecule has 1 fully saturated rings.